The average Bonchev–Trinajstić information content (AvgIpc) is 2.61. The Morgan fingerprint density at radius 1 is 1.42 bits per heavy atom. The predicted molar refractivity (Wildman–Crippen MR) is 98.4 cm³/mol. The van der Waals surface area contributed by atoms with Gasteiger partial charge in [0, 0.05) is 30.7 Å². The summed E-state index contributed by atoms with van der Waals surface area (Å²) in [6.07, 6.45) is 2.55. The van der Waals surface area contributed by atoms with Crippen LogP contribution in [0.1, 0.15) is 25.3 Å². The smallest absolute Gasteiger partial charge is 0.407 e. The largest absolute Gasteiger partial charge is 0.450 e. The third-order valence-corrected chi connectivity index (χ3v) is 6.31. The van der Waals surface area contributed by atoms with Gasteiger partial charge in [-0.25, -0.2) is 13.2 Å². The number of para-hydroxylation sites is 1. The second-order valence-electron chi connectivity index (χ2n) is 6.41. The Morgan fingerprint density at radius 2 is 2.23 bits per heavy atom. The maximum atomic E-state index is 13.2. The summed E-state index contributed by atoms with van der Waals surface area (Å²) in [4.78, 5) is 16.2. The van der Waals surface area contributed by atoms with Crippen LogP contribution in [0.5, 0.6) is 0 Å². The van der Waals surface area contributed by atoms with Gasteiger partial charge in [0.25, 0.3) is 0 Å². The highest BCUT2D eigenvalue weighted by Gasteiger charge is 2.32. The molecule has 1 aromatic heterocycles. The van der Waals surface area contributed by atoms with Crippen molar-refractivity contribution in [3.8, 4) is 0 Å². The van der Waals surface area contributed by atoms with Gasteiger partial charge in [0.05, 0.1) is 12.1 Å². The van der Waals surface area contributed by atoms with Gasteiger partial charge in [-0.05, 0) is 44.4 Å². The fraction of sp³-hybridized carbons (Fsp3) is 0.444. The highest BCUT2D eigenvalue weighted by atomic mass is 32.2. The molecule has 0 bridgehead atoms. The van der Waals surface area contributed by atoms with Gasteiger partial charge < -0.3 is 10.1 Å². The lowest BCUT2D eigenvalue weighted by molar-refractivity contribution is 0.142. The summed E-state index contributed by atoms with van der Waals surface area (Å²) in [5, 5.41) is 3.53. The van der Waals surface area contributed by atoms with E-state index in [1.165, 1.54) is 4.31 Å². The molecule has 26 heavy (non-hydrogen) atoms. The molecule has 2 aromatic rings. The molecule has 0 radical (unpaired) electrons. The van der Waals surface area contributed by atoms with Crippen LogP contribution in [0.15, 0.2) is 35.4 Å². The lowest BCUT2D eigenvalue weighted by Gasteiger charge is -2.32. The number of ether oxygens (including phenoxy) is 1. The second-order valence-corrected chi connectivity index (χ2v) is 8.31. The third kappa shape index (κ3) is 3.81. The summed E-state index contributed by atoms with van der Waals surface area (Å²) in [6, 6.07) is 6.83. The van der Waals surface area contributed by atoms with Crippen molar-refractivity contribution >= 4 is 27.0 Å². The van der Waals surface area contributed by atoms with Crippen molar-refractivity contribution < 1.29 is 17.9 Å². The number of piperidine rings is 1. The maximum Gasteiger partial charge on any atom is 0.407 e. The molecule has 8 heteroatoms. The van der Waals surface area contributed by atoms with Crippen molar-refractivity contribution in [1.82, 2.24) is 14.6 Å². The molecule has 0 unspecified atom stereocenters. The van der Waals surface area contributed by atoms with Crippen molar-refractivity contribution in [2.24, 2.45) is 0 Å². The van der Waals surface area contributed by atoms with Crippen LogP contribution < -0.4 is 5.32 Å². The minimum Gasteiger partial charge on any atom is -0.450 e. The number of carbonyl (C=O) groups is 1. The van der Waals surface area contributed by atoms with E-state index in [2.05, 4.69) is 10.3 Å². The summed E-state index contributed by atoms with van der Waals surface area (Å²) in [6.45, 7) is 4.58. The fourth-order valence-corrected chi connectivity index (χ4v) is 4.90. The monoisotopic (exact) mass is 377 g/mol. The van der Waals surface area contributed by atoms with Gasteiger partial charge in [0.1, 0.15) is 4.90 Å². The van der Waals surface area contributed by atoms with E-state index < -0.39 is 16.1 Å². The number of nitrogens with zero attached hydrogens (tertiary/aromatic N) is 2. The molecule has 1 N–H and O–H groups in total. The molecule has 0 spiro atoms. The van der Waals surface area contributed by atoms with Gasteiger partial charge in [-0.15, -0.1) is 0 Å². The molecule has 0 aliphatic carbocycles. The quantitative estimate of drug-likeness (QED) is 0.884. The number of rotatable bonds is 4. The number of sulfonamides is 1. The predicted octanol–water partition coefficient (Wildman–Crippen LogP) is 2.44. The van der Waals surface area contributed by atoms with Crippen LogP contribution in [0, 0.1) is 6.92 Å². The molecule has 1 aliphatic heterocycles. The number of aromatic nitrogens is 1. The molecular weight excluding hydrogens is 354 g/mol. The number of aryl methyl sites for hydroxylation is 1. The molecule has 2 heterocycles. The van der Waals surface area contributed by atoms with E-state index in [4.69, 9.17) is 4.74 Å². The Balaban J connectivity index is 1.87. The summed E-state index contributed by atoms with van der Waals surface area (Å²) >= 11 is 0. The average molecular weight is 377 g/mol. The minimum atomic E-state index is -3.70. The number of amides is 1. The number of benzene rings is 1. The second kappa shape index (κ2) is 7.59. The summed E-state index contributed by atoms with van der Waals surface area (Å²) < 4.78 is 32.7. The Labute approximate surface area is 153 Å². The molecule has 1 atom stereocenters. The molecule has 1 saturated heterocycles. The van der Waals surface area contributed by atoms with Gasteiger partial charge in [-0.3, -0.25) is 4.98 Å². The summed E-state index contributed by atoms with van der Waals surface area (Å²) in [5.74, 6) is 0. The first-order chi connectivity index (χ1) is 12.4. The zero-order valence-corrected chi connectivity index (χ0v) is 15.8. The van der Waals surface area contributed by atoms with Crippen LogP contribution in [-0.2, 0) is 14.8 Å². The van der Waals surface area contributed by atoms with Crippen LogP contribution >= 0.6 is 0 Å². The highest BCUT2D eigenvalue weighted by molar-refractivity contribution is 7.89. The van der Waals surface area contributed by atoms with E-state index in [0.717, 1.165) is 17.4 Å². The van der Waals surface area contributed by atoms with Crippen LogP contribution in [0.2, 0.25) is 0 Å². The Hall–Kier alpha value is -2.19. The number of fused-ring (bicyclic) bond motifs is 1. The molecule has 1 aromatic carbocycles. The third-order valence-electron chi connectivity index (χ3n) is 4.41. The van der Waals surface area contributed by atoms with Gasteiger partial charge in [-0.2, -0.15) is 4.31 Å². The molecule has 3 rings (SSSR count). The van der Waals surface area contributed by atoms with Crippen LogP contribution in [0.4, 0.5) is 4.79 Å². The Morgan fingerprint density at radius 3 is 3.00 bits per heavy atom. The molecule has 1 aliphatic rings. The van der Waals surface area contributed by atoms with Crippen molar-refractivity contribution in [1.29, 1.82) is 0 Å². The topological polar surface area (TPSA) is 88.6 Å². The fourth-order valence-electron chi connectivity index (χ4n) is 3.21. The van der Waals surface area contributed by atoms with E-state index in [0.29, 0.717) is 18.5 Å². The summed E-state index contributed by atoms with van der Waals surface area (Å²) in [7, 11) is -3.70. The number of carbonyl (C=O) groups excluding carboxylic acids is 1. The van der Waals surface area contributed by atoms with Crippen molar-refractivity contribution in [2.75, 3.05) is 19.7 Å². The van der Waals surface area contributed by atoms with Crippen LogP contribution in [0.25, 0.3) is 10.9 Å². The standard InChI is InChI=1S/C18H23N3O4S/c1-3-25-18(22)20-15-7-5-9-21(12-15)26(23,24)16-8-4-6-14-10-13(2)11-19-17(14)16/h4,6,8,10-11,15H,3,5,7,9,12H2,1-2H3,(H,20,22)/t15-/m0/s1. The van der Waals surface area contributed by atoms with Crippen molar-refractivity contribution in [2.45, 2.75) is 37.6 Å². The number of hydrogen-bond acceptors (Lipinski definition) is 5. The van der Waals surface area contributed by atoms with Gasteiger partial charge in [0.15, 0.2) is 0 Å². The van der Waals surface area contributed by atoms with Crippen LogP contribution in [-0.4, -0.2) is 49.5 Å². The van der Waals surface area contributed by atoms with Gasteiger partial charge >= 0.3 is 6.09 Å². The first-order valence-electron chi connectivity index (χ1n) is 8.70. The number of alkyl carbamates (subject to hydrolysis) is 1. The highest BCUT2D eigenvalue weighted by Crippen LogP contribution is 2.26. The van der Waals surface area contributed by atoms with E-state index in [1.807, 2.05) is 19.1 Å². The summed E-state index contributed by atoms with van der Waals surface area (Å²) in [5.41, 5.74) is 1.45. The van der Waals surface area contributed by atoms with Crippen molar-refractivity contribution in [3.05, 3.63) is 36.0 Å². The van der Waals surface area contributed by atoms with E-state index in [9.17, 15) is 13.2 Å². The molecule has 0 saturated carbocycles. The molecule has 1 fully saturated rings. The molecule has 1 amide bonds. The van der Waals surface area contributed by atoms with E-state index in [-0.39, 0.29) is 24.1 Å². The first-order valence-corrected chi connectivity index (χ1v) is 10.1. The lowest BCUT2D eigenvalue weighted by Crippen LogP contribution is -2.49. The number of pyridine rings is 1. The van der Waals surface area contributed by atoms with E-state index in [1.54, 1.807) is 25.3 Å². The Bertz CT molecular complexity index is 914. The maximum absolute atomic E-state index is 13.2. The van der Waals surface area contributed by atoms with E-state index >= 15 is 0 Å². The molecule has 7 nitrogen and oxygen atoms in total. The molecular formula is C18H23N3O4S. The zero-order valence-electron chi connectivity index (χ0n) is 14.9. The zero-order chi connectivity index (χ0) is 18.7. The minimum absolute atomic E-state index is 0.201. The SMILES string of the molecule is CCOC(=O)N[C@H]1CCCN(S(=O)(=O)c2cccc3cc(C)cnc23)C1. The van der Waals surface area contributed by atoms with Crippen molar-refractivity contribution in [3.63, 3.8) is 0 Å². The number of nitrogens with one attached hydrogen (secondary N) is 1. The van der Waals surface area contributed by atoms with Gasteiger partial charge in [-0.1, -0.05) is 12.1 Å². The number of hydrogen-bond donors (Lipinski definition) is 1. The first kappa shape index (κ1) is 18.6. The van der Waals surface area contributed by atoms with Gasteiger partial charge in [0.2, 0.25) is 10.0 Å². The lowest BCUT2D eigenvalue weighted by atomic mass is 10.1. The normalized spacial score (nSPS) is 18.6. The van der Waals surface area contributed by atoms with Crippen LogP contribution in [0.3, 0.4) is 0 Å². The Kier molecular flexibility index (Phi) is 5.43. The molecule has 140 valence electrons.